The Morgan fingerprint density at radius 2 is 2.21 bits per heavy atom. The quantitative estimate of drug-likeness (QED) is 0.926. The van der Waals surface area contributed by atoms with E-state index in [-0.39, 0.29) is 0 Å². The predicted molar refractivity (Wildman–Crippen MR) is 80.2 cm³/mol. The number of rotatable bonds is 3. The summed E-state index contributed by atoms with van der Waals surface area (Å²) in [4.78, 5) is 14.6. The normalized spacial score (nSPS) is 13.6. The number of hydrogen-bond acceptors (Lipinski definition) is 3. The van der Waals surface area contributed by atoms with Gasteiger partial charge in [-0.05, 0) is 52.2 Å². The van der Waals surface area contributed by atoms with E-state index in [9.17, 15) is 4.79 Å². The van der Waals surface area contributed by atoms with Crippen molar-refractivity contribution in [2.75, 3.05) is 11.4 Å². The van der Waals surface area contributed by atoms with E-state index in [0.717, 1.165) is 29.0 Å². The lowest BCUT2D eigenvalue weighted by atomic mass is 10.1. The molecule has 1 aromatic carbocycles. The van der Waals surface area contributed by atoms with Gasteiger partial charge in [-0.25, -0.2) is 4.79 Å². The molecule has 0 fully saturated rings. The molecule has 98 valence electrons. The van der Waals surface area contributed by atoms with E-state index >= 15 is 0 Å². The van der Waals surface area contributed by atoms with Gasteiger partial charge in [-0.3, -0.25) is 0 Å². The van der Waals surface area contributed by atoms with Gasteiger partial charge in [-0.15, -0.1) is 11.3 Å². The van der Waals surface area contributed by atoms with Crippen molar-refractivity contribution in [3.63, 3.8) is 0 Å². The molecule has 0 bridgehead atoms. The largest absolute Gasteiger partial charge is 0.478 e. The minimum Gasteiger partial charge on any atom is -0.478 e. The molecule has 0 amide bonds. The van der Waals surface area contributed by atoms with Crippen molar-refractivity contribution in [2.45, 2.75) is 13.0 Å². The molecule has 1 aliphatic rings. The van der Waals surface area contributed by atoms with E-state index in [4.69, 9.17) is 5.11 Å². The van der Waals surface area contributed by atoms with Gasteiger partial charge >= 0.3 is 5.97 Å². The Bertz CT molecular complexity index is 638. The zero-order valence-electron chi connectivity index (χ0n) is 10.1. The summed E-state index contributed by atoms with van der Waals surface area (Å²) >= 11 is 5.18. The van der Waals surface area contributed by atoms with Crippen LogP contribution in [0, 0.1) is 0 Å². The third kappa shape index (κ3) is 2.53. The van der Waals surface area contributed by atoms with Gasteiger partial charge < -0.3 is 10.0 Å². The first-order valence-corrected chi connectivity index (χ1v) is 7.60. The van der Waals surface area contributed by atoms with Crippen molar-refractivity contribution in [1.82, 2.24) is 0 Å². The number of thiophene rings is 1. The molecule has 0 radical (unpaired) electrons. The molecule has 2 aromatic rings. The molecule has 2 heterocycles. The molecule has 0 saturated carbocycles. The van der Waals surface area contributed by atoms with E-state index in [2.05, 4.69) is 26.9 Å². The Morgan fingerprint density at radius 1 is 1.37 bits per heavy atom. The molecule has 1 aromatic heterocycles. The Balaban J connectivity index is 1.88. The van der Waals surface area contributed by atoms with E-state index in [1.807, 2.05) is 12.1 Å². The summed E-state index contributed by atoms with van der Waals surface area (Å²) in [6.45, 7) is 1.79. The molecule has 0 spiro atoms. The molecule has 0 atom stereocenters. The molecule has 3 nitrogen and oxygen atoms in total. The maximum Gasteiger partial charge on any atom is 0.335 e. The van der Waals surface area contributed by atoms with Crippen LogP contribution in [0.5, 0.6) is 0 Å². The molecule has 1 aliphatic heterocycles. The number of fused-ring (bicyclic) bond motifs is 1. The highest BCUT2D eigenvalue weighted by Gasteiger charge is 2.21. The molecule has 0 unspecified atom stereocenters. The van der Waals surface area contributed by atoms with Crippen LogP contribution in [0.15, 0.2) is 34.1 Å². The first-order valence-electron chi connectivity index (χ1n) is 5.99. The topological polar surface area (TPSA) is 40.5 Å². The van der Waals surface area contributed by atoms with Gasteiger partial charge in [0.2, 0.25) is 0 Å². The summed E-state index contributed by atoms with van der Waals surface area (Å²) < 4.78 is 1.13. The second-order valence-corrected chi connectivity index (χ2v) is 7.07. The summed E-state index contributed by atoms with van der Waals surface area (Å²) in [5.74, 6) is -0.867. The van der Waals surface area contributed by atoms with Crippen LogP contribution in [0.2, 0.25) is 0 Å². The molecule has 0 aliphatic carbocycles. The molecule has 0 saturated heterocycles. The third-order valence-corrected chi connectivity index (χ3v) is 4.91. The Kier molecular flexibility index (Phi) is 3.33. The van der Waals surface area contributed by atoms with Crippen molar-refractivity contribution < 1.29 is 9.90 Å². The summed E-state index contributed by atoms with van der Waals surface area (Å²) in [6.07, 6.45) is 0.988. The number of halogens is 1. The predicted octanol–water partition coefficient (Wildman–Crippen LogP) is 3.77. The average Bonchev–Trinajstić information content (AvgIpc) is 2.96. The average molecular weight is 338 g/mol. The van der Waals surface area contributed by atoms with Crippen LogP contribution in [0.1, 0.15) is 20.8 Å². The van der Waals surface area contributed by atoms with Crippen LogP contribution < -0.4 is 4.90 Å². The van der Waals surface area contributed by atoms with Gasteiger partial charge in [0.1, 0.15) is 0 Å². The zero-order valence-corrected chi connectivity index (χ0v) is 12.5. The summed E-state index contributed by atoms with van der Waals surface area (Å²) in [6, 6.07) is 9.56. The van der Waals surface area contributed by atoms with Crippen LogP contribution in [0.25, 0.3) is 0 Å². The molecule has 19 heavy (non-hydrogen) atoms. The Morgan fingerprint density at radius 3 is 2.89 bits per heavy atom. The van der Waals surface area contributed by atoms with Crippen LogP contribution in [-0.4, -0.2) is 17.6 Å². The minimum atomic E-state index is -0.867. The van der Waals surface area contributed by atoms with Crippen LogP contribution >= 0.6 is 27.3 Å². The van der Waals surface area contributed by atoms with E-state index in [1.165, 1.54) is 10.4 Å². The number of carbonyl (C=O) groups is 1. The Hall–Kier alpha value is -1.33. The smallest absolute Gasteiger partial charge is 0.335 e. The third-order valence-electron chi connectivity index (χ3n) is 3.30. The first-order chi connectivity index (χ1) is 9.13. The first kappa shape index (κ1) is 12.7. The van der Waals surface area contributed by atoms with E-state index in [1.54, 1.807) is 23.5 Å². The molecule has 5 heteroatoms. The van der Waals surface area contributed by atoms with Crippen molar-refractivity contribution in [3.8, 4) is 0 Å². The molecule has 1 N–H and O–H groups in total. The maximum absolute atomic E-state index is 11.0. The van der Waals surface area contributed by atoms with Crippen LogP contribution in [0.3, 0.4) is 0 Å². The SMILES string of the molecule is O=C(O)c1ccc2c(c1)N(Cc1ccc(Br)s1)CC2. The second kappa shape index (κ2) is 4.98. The Labute approximate surface area is 123 Å². The van der Waals surface area contributed by atoms with Gasteiger partial charge in [-0.2, -0.15) is 0 Å². The number of nitrogens with zero attached hydrogens (tertiary/aromatic N) is 1. The lowest BCUT2D eigenvalue weighted by Crippen LogP contribution is -2.19. The molecule has 3 rings (SSSR count). The van der Waals surface area contributed by atoms with Crippen molar-refractivity contribution >= 4 is 38.9 Å². The number of benzene rings is 1. The number of carboxylic acids is 1. The maximum atomic E-state index is 11.0. The fraction of sp³-hybridized carbons (Fsp3) is 0.214. The monoisotopic (exact) mass is 337 g/mol. The molecular formula is C14H12BrNO2S. The highest BCUT2D eigenvalue weighted by molar-refractivity contribution is 9.11. The fourth-order valence-corrected chi connectivity index (χ4v) is 3.87. The fourth-order valence-electron chi connectivity index (χ4n) is 2.37. The number of aromatic carboxylic acids is 1. The van der Waals surface area contributed by atoms with Gasteiger partial charge in [-0.1, -0.05) is 6.07 Å². The van der Waals surface area contributed by atoms with Crippen molar-refractivity contribution in [2.24, 2.45) is 0 Å². The highest BCUT2D eigenvalue weighted by atomic mass is 79.9. The summed E-state index contributed by atoms with van der Waals surface area (Å²) in [7, 11) is 0. The van der Waals surface area contributed by atoms with Gasteiger partial charge in [0, 0.05) is 17.1 Å². The number of carboxylic acid groups (broad SMARTS) is 1. The van der Waals surface area contributed by atoms with Gasteiger partial charge in [0.05, 0.1) is 15.9 Å². The molecular weight excluding hydrogens is 326 g/mol. The van der Waals surface area contributed by atoms with E-state index in [0.29, 0.717) is 5.56 Å². The zero-order chi connectivity index (χ0) is 13.4. The van der Waals surface area contributed by atoms with Gasteiger partial charge in [0.25, 0.3) is 0 Å². The minimum absolute atomic E-state index is 0.359. The van der Waals surface area contributed by atoms with E-state index < -0.39 is 5.97 Å². The number of hydrogen-bond donors (Lipinski definition) is 1. The number of anilines is 1. The van der Waals surface area contributed by atoms with Crippen LogP contribution in [-0.2, 0) is 13.0 Å². The van der Waals surface area contributed by atoms with Gasteiger partial charge in [0.15, 0.2) is 0 Å². The second-order valence-electron chi connectivity index (χ2n) is 4.53. The highest BCUT2D eigenvalue weighted by Crippen LogP contribution is 2.32. The lowest BCUT2D eigenvalue weighted by molar-refractivity contribution is 0.0697. The lowest BCUT2D eigenvalue weighted by Gasteiger charge is -2.18. The summed E-state index contributed by atoms with van der Waals surface area (Å²) in [5, 5.41) is 9.07. The summed E-state index contributed by atoms with van der Waals surface area (Å²) in [5.41, 5.74) is 2.66. The standard InChI is InChI=1S/C14H12BrNO2S/c15-13-4-3-11(19-13)8-16-6-5-9-1-2-10(14(17)18)7-12(9)16/h1-4,7H,5-6,8H2,(H,17,18). The van der Waals surface area contributed by atoms with Crippen molar-refractivity contribution in [1.29, 1.82) is 0 Å². The van der Waals surface area contributed by atoms with Crippen LogP contribution in [0.4, 0.5) is 5.69 Å². The van der Waals surface area contributed by atoms with Crippen molar-refractivity contribution in [3.05, 3.63) is 50.1 Å².